The van der Waals surface area contributed by atoms with Crippen LogP contribution in [0.2, 0.25) is 0 Å². The summed E-state index contributed by atoms with van der Waals surface area (Å²) in [4.78, 5) is 33.3. The van der Waals surface area contributed by atoms with Gasteiger partial charge in [0.1, 0.15) is 0 Å². The molecule has 2 saturated heterocycles. The molecule has 27 heavy (non-hydrogen) atoms. The highest BCUT2D eigenvalue weighted by Gasteiger charge is 2.31. The van der Waals surface area contributed by atoms with Crippen LogP contribution in [-0.2, 0) is 0 Å². The molecule has 2 fully saturated rings. The average Bonchev–Trinajstić information content (AvgIpc) is 3.09. The van der Waals surface area contributed by atoms with Crippen molar-refractivity contribution in [3.05, 3.63) is 33.9 Å². The smallest absolute Gasteiger partial charge is 0.266 e. The van der Waals surface area contributed by atoms with Crippen molar-refractivity contribution in [2.45, 2.75) is 38.6 Å². The fourth-order valence-corrected chi connectivity index (χ4v) is 4.40. The Hall–Kier alpha value is -2.19. The minimum absolute atomic E-state index is 0.0219. The topological polar surface area (TPSA) is 93.9 Å². The van der Waals surface area contributed by atoms with E-state index in [2.05, 4.69) is 15.0 Å². The molecule has 8 heteroatoms. The zero-order chi connectivity index (χ0) is 19.0. The van der Waals surface area contributed by atoms with Crippen LogP contribution in [0, 0.1) is 12.8 Å². The molecule has 1 unspecified atom stereocenters. The number of carbonyl (C=O) groups excluding carboxylic acids is 1. The third kappa shape index (κ3) is 3.51. The van der Waals surface area contributed by atoms with Crippen LogP contribution in [0.3, 0.4) is 0 Å². The summed E-state index contributed by atoms with van der Waals surface area (Å²) in [5.41, 5.74) is 1.55. The summed E-state index contributed by atoms with van der Waals surface area (Å²) in [6, 6.07) is 1.81. The number of H-pyrrole nitrogens is 1. The van der Waals surface area contributed by atoms with Gasteiger partial charge in [0.25, 0.3) is 11.5 Å². The first-order valence-corrected chi connectivity index (χ1v) is 9.78. The SMILES string of the molecule is Cc1c(C(=O)N2CCCC(N3CCC(CO)CC3)C2)cnc2cc(=O)[nH]n12. The Morgan fingerprint density at radius 2 is 2.07 bits per heavy atom. The summed E-state index contributed by atoms with van der Waals surface area (Å²) >= 11 is 0. The molecule has 0 aliphatic carbocycles. The number of rotatable bonds is 3. The van der Waals surface area contributed by atoms with E-state index in [1.807, 2.05) is 11.8 Å². The number of likely N-dealkylation sites (tertiary alicyclic amines) is 2. The molecule has 0 radical (unpaired) electrons. The first-order valence-electron chi connectivity index (χ1n) is 9.78. The largest absolute Gasteiger partial charge is 0.396 e. The van der Waals surface area contributed by atoms with Gasteiger partial charge in [-0.25, -0.2) is 9.50 Å². The fraction of sp³-hybridized carbons (Fsp3) is 0.632. The second-order valence-electron chi connectivity index (χ2n) is 7.78. The summed E-state index contributed by atoms with van der Waals surface area (Å²) < 4.78 is 1.58. The standard InChI is InChI=1S/C19H27N5O3/c1-13-16(10-20-17-9-18(26)21-24(13)17)19(27)23-6-2-3-15(11-23)22-7-4-14(12-25)5-8-22/h9-10,14-15,25H,2-8,11-12H2,1H3,(H,21,26). The molecule has 0 bridgehead atoms. The summed E-state index contributed by atoms with van der Waals surface area (Å²) in [6.45, 7) is 5.58. The molecule has 1 amide bonds. The molecule has 2 N–H and O–H groups in total. The van der Waals surface area contributed by atoms with E-state index in [1.165, 1.54) is 6.07 Å². The van der Waals surface area contributed by atoms with Gasteiger partial charge >= 0.3 is 0 Å². The molecule has 2 aromatic rings. The van der Waals surface area contributed by atoms with Crippen LogP contribution < -0.4 is 5.56 Å². The maximum absolute atomic E-state index is 13.1. The van der Waals surface area contributed by atoms with Crippen molar-refractivity contribution < 1.29 is 9.90 Å². The molecule has 0 spiro atoms. The van der Waals surface area contributed by atoms with E-state index in [0.29, 0.717) is 28.9 Å². The Morgan fingerprint density at radius 1 is 1.30 bits per heavy atom. The van der Waals surface area contributed by atoms with Crippen molar-refractivity contribution in [3.8, 4) is 0 Å². The maximum Gasteiger partial charge on any atom is 0.266 e. The normalized spacial score (nSPS) is 22.4. The average molecular weight is 373 g/mol. The first kappa shape index (κ1) is 18.2. The van der Waals surface area contributed by atoms with Gasteiger partial charge in [0.15, 0.2) is 5.65 Å². The lowest BCUT2D eigenvalue weighted by Gasteiger charge is -2.42. The van der Waals surface area contributed by atoms with Crippen LogP contribution in [0.5, 0.6) is 0 Å². The zero-order valence-corrected chi connectivity index (χ0v) is 15.7. The van der Waals surface area contributed by atoms with E-state index in [9.17, 15) is 14.7 Å². The Kier molecular flexibility index (Phi) is 5.01. The highest BCUT2D eigenvalue weighted by molar-refractivity contribution is 5.95. The van der Waals surface area contributed by atoms with Gasteiger partial charge in [-0.15, -0.1) is 0 Å². The van der Waals surface area contributed by atoms with Crippen molar-refractivity contribution in [2.75, 3.05) is 32.8 Å². The van der Waals surface area contributed by atoms with Crippen molar-refractivity contribution >= 4 is 11.6 Å². The first-order chi connectivity index (χ1) is 13.1. The van der Waals surface area contributed by atoms with Crippen LogP contribution in [0.15, 0.2) is 17.1 Å². The third-order valence-electron chi connectivity index (χ3n) is 6.10. The molecule has 4 heterocycles. The summed E-state index contributed by atoms with van der Waals surface area (Å²) in [5.74, 6) is 0.401. The van der Waals surface area contributed by atoms with E-state index in [4.69, 9.17) is 0 Å². The molecule has 2 aliphatic heterocycles. The molecule has 146 valence electrons. The van der Waals surface area contributed by atoms with Gasteiger partial charge in [-0.3, -0.25) is 19.6 Å². The summed E-state index contributed by atoms with van der Waals surface area (Å²) in [6.07, 6.45) is 5.74. The van der Waals surface area contributed by atoms with Crippen LogP contribution >= 0.6 is 0 Å². The molecule has 2 aromatic heterocycles. The van der Waals surface area contributed by atoms with Crippen molar-refractivity contribution in [1.29, 1.82) is 0 Å². The number of carbonyl (C=O) groups is 1. The monoisotopic (exact) mass is 373 g/mol. The van der Waals surface area contributed by atoms with Crippen molar-refractivity contribution in [1.82, 2.24) is 24.4 Å². The highest BCUT2D eigenvalue weighted by Crippen LogP contribution is 2.24. The fourth-order valence-electron chi connectivity index (χ4n) is 4.40. The van der Waals surface area contributed by atoms with Crippen LogP contribution in [-0.4, -0.2) is 74.2 Å². The number of aromatic nitrogens is 3. The van der Waals surface area contributed by atoms with Crippen LogP contribution in [0.25, 0.3) is 5.65 Å². The lowest BCUT2D eigenvalue weighted by molar-refractivity contribution is 0.0444. The molecule has 0 saturated carbocycles. The molecule has 4 rings (SSSR count). The number of aliphatic hydroxyl groups excluding tert-OH is 1. The van der Waals surface area contributed by atoms with Gasteiger partial charge in [0.2, 0.25) is 0 Å². The van der Waals surface area contributed by atoms with Crippen LogP contribution in [0.4, 0.5) is 0 Å². The lowest BCUT2D eigenvalue weighted by atomic mass is 9.94. The predicted octanol–water partition coefficient (Wildman–Crippen LogP) is 0.640. The predicted molar refractivity (Wildman–Crippen MR) is 101 cm³/mol. The number of aromatic amines is 1. The van der Waals surface area contributed by atoms with Gasteiger partial charge in [-0.2, -0.15) is 0 Å². The highest BCUT2D eigenvalue weighted by atomic mass is 16.3. The van der Waals surface area contributed by atoms with E-state index < -0.39 is 0 Å². The van der Waals surface area contributed by atoms with Gasteiger partial charge in [0.05, 0.1) is 11.3 Å². The van der Waals surface area contributed by atoms with Crippen LogP contribution in [0.1, 0.15) is 41.7 Å². The molecule has 2 aliphatic rings. The number of fused-ring (bicyclic) bond motifs is 1. The number of hydrogen-bond acceptors (Lipinski definition) is 5. The van der Waals surface area contributed by atoms with E-state index in [0.717, 1.165) is 51.9 Å². The second kappa shape index (κ2) is 7.44. The van der Waals surface area contributed by atoms with Gasteiger partial charge in [0, 0.05) is 38.0 Å². The number of nitrogens with zero attached hydrogens (tertiary/aromatic N) is 4. The zero-order valence-electron chi connectivity index (χ0n) is 15.7. The maximum atomic E-state index is 13.1. The number of amides is 1. The quantitative estimate of drug-likeness (QED) is 0.824. The summed E-state index contributed by atoms with van der Waals surface area (Å²) in [7, 11) is 0. The molecule has 0 aromatic carbocycles. The number of aliphatic hydroxyl groups is 1. The second-order valence-corrected chi connectivity index (χ2v) is 7.78. The molecule has 8 nitrogen and oxygen atoms in total. The third-order valence-corrected chi connectivity index (χ3v) is 6.10. The molecular formula is C19H27N5O3. The Bertz CT molecular complexity index is 881. The molecule has 1 atom stereocenters. The van der Waals surface area contributed by atoms with Gasteiger partial charge < -0.3 is 10.0 Å². The van der Waals surface area contributed by atoms with Gasteiger partial charge in [-0.05, 0) is 51.6 Å². The lowest BCUT2D eigenvalue weighted by Crippen LogP contribution is -2.52. The number of aryl methyl sites for hydroxylation is 1. The Morgan fingerprint density at radius 3 is 2.81 bits per heavy atom. The number of hydrogen-bond donors (Lipinski definition) is 2. The van der Waals surface area contributed by atoms with E-state index in [-0.39, 0.29) is 18.1 Å². The minimum atomic E-state index is -0.223. The van der Waals surface area contributed by atoms with Gasteiger partial charge in [-0.1, -0.05) is 0 Å². The van der Waals surface area contributed by atoms with E-state index in [1.54, 1.807) is 10.7 Å². The summed E-state index contributed by atoms with van der Waals surface area (Å²) in [5, 5.41) is 12.0. The number of piperidine rings is 2. The Balaban J connectivity index is 1.49. The van der Waals surface area contributed by atoms with Crippen molar-refractivity contribution in [3.63, 3.8) is 0 Å². The minimum Gasteiger partial charge on any atom is -0.396 e. The Labute approximate surface area is 157 Å². The van der Waals surface area contributed by atoms with E-state index >= 15 is 0 Å². The van der Waals surface area contributed by atoms with Crippen molar-refractivity contribution in [2.24, 2.45) is 5.92 Å². The molecular weight excluding hydrogens is 346 g/mol. The number of nitrogens with one attached hydrogen (secondary N) is 1.